The Bertz CT molecular complexity index is 725. The third-order valence-electron chi connectivity index (χ3n) is 3.84. The van der Waals surface area contributed by atoms with E-state index in [1.165, 1.54) is 27.7 Å². The van der Waals surface area contributed by atoms with Crippen molar-refractivity contribution in [3.63, 3.8) is 0 Å². The fraction of sp³-hybridized carbons (Fsp3) is 0.222. The molecule has 3 aromatic rings. The lowest BCUT2D eigenvalue weighted by Crippen LogP contribution is -2.10. The highest BCUT2D eigenvalue weighted by atomic mass is 15.0. The van der Waals surface area contributed by atoms with Gasteiger partial charge in [0.15, 0.2) is 0 Å². The molecule has 0 unspecified atom stereocenters. The first-order valence-corrected chi connectivity index (χ1v) is 7.09. The maximum Gasteiger partial charge on any atom is 0.0483 e. The number of fused-ring (bicyclic) bond motifs is 1. The van der Waals surface area contributed by atoms with Crippen LogP contribution in [0.5, 0.6) is 0 Å². The van der Waals surface area contributed by atoms with Gasteiger partial charge in [-0.25, -0.2) is 0 Å². The molecule has 102 valence electrons. The molecule has 0 spiro atoms. The van der Waals surface area contributed by atoms with Gasteiger partial charge in [0.2, 0.25) is 0 Å². The summed E-state index contributed by atoms with van der Waals surface area (Å²) in [7, 11) is 0. The second-order valence-electron chi connectivity index (χ2n) is 5.26. The molecule has 2 nitrogen and oxygen atoms in total. The average Bonchev–Trinajstić information content (AvgIpc) is 2.86. The van der Waals surface area contributed by atoms with Crippen LogP contribution in [0, 0.1) is 13.8 Å². The number of hydrogen-bond donors (Lipinski definition) is 1. The van der Waals surface area contributed by atoms with Crippen molar-refractivity contribution in [2.75, 3.05) is 11.9 Å². The van der Waals surface area contributed by atoms with Crippen molar-refractivity contribution in [2.24, 2.45) is 0 Å². The zero-order chi connectivity index (χ0) is 13.9. The monoisotopic (exact) mass is 264 g/mol. The summed E-state index contributed by atoms with van der Waals surface area (Å²) in [4.78, 5) is 0. The number of anilines is 1. The molecule has 20 heavy (non-hydrogen) atoms. The number of aromatic nitrogens is 1. The van der Waals surface area contributed by atoms with Crippen molar-refractivity contribution in [3.05, 3.63) is 65.9 Å². The molecule has 0 amide bonds. The summed E-state index contributed by atoms with van der Waals surface area (Å²) in [6.07, 6.45) is 2.18. The van der Waals surface area contributed by atoms with Gasteiger partial charge in [-0.2, -0.15) is 0 Å². The second-order valence-corrected chi connectivity index (χ2v) is 5.26. The van der Waals surface area contributed by atoms with Crippen LogP contribution in [0.15, 0.2) is 54.7 Å². The maximum absolute atomic E-state index is 3.51. The molecular weight excluding hydrogens is 244 g/mol. The SMILES string of the molecule is Cc1ccccc1NCCn1ccc2c(C)cccc21. The van der Waals surface area contributed by atoms with Crippen LogP contribution in [0.25, 0.3) is 10.9 Å². The Morgan fingerprint density at radius 2 is 1.70 bits per heavy atom. The Labute approximate surface area is 120 Å². The van der Waals surface area contributed by atoms with Gasteiger partial charge in [0.1, 0.15) is 0 Å². The van der Waals surface area contributed by atoms with Gasteiger partial charge < -0.3 is 9.88 Å². The van der Waals surface area contributed by atoms with Crippen molar-refractivity contribution < 1.29 is 0 Å². The second kappa shape index (κ2) is 5.41. The molecule has 2 heteroatoms. The molecule has 1 heterocycles. The predicted octanol–water partition coefficient (Wildman–Crippen LogP) is 4.37. The van der Waals surface area contributed by atoms with Gasteiger partial charge in [-0.3, -0.25) is 0 Å². The number of nitrogens with one attached hydrogen (secondary N) is 1. The minimum absolute atomic E-state index is 0.933. The van der Waals surface area contributed by atoms with Crippen molar-refractivity contribution >= 4 is 16.6 Å². The van der Waals surface area contributed by atoms with E-state index in [0.29, 0.717) is 0 Å². The Morgan fingerprint density at radius 3 is 2.55 bits per heavy atom. The Balaban J connectivity index is 1.72. The van der Waals surface area contributed by atoms with Crippen LogP contribution in [-0.2, 0) is 6.54 Å². The first-order chi connectivity index (χ1) is 9.75. The molecule has 0 bridgehead atoms. The number of rotatable bonds is 4. The molecule has 0 saturated heterocycles. The van der Waals surface area contributed by atoms with E-state index in [9.17, 15) is 0 Å². The van der Waals surface area contributed by atoms with Crippen LogP contribution in [0.3, 0.4) is 0 Å². The van der Waals surface area contributed by atoms with E-state index in [1.807, 2.05) is 0 Å². The van der Waals surface area contributed by atoms with E-state index in [4.69, 9.17) is 0 Å². The lowest BCUT2D eigenvalue weighted by Gasteiger charge is -2.11. The zero-order valence-electron chi connectivity index (χ0n) is 12.1. The highest BCUT2D eigenvalue weighted by molar-refractivity contribution is 5.83. The third-order valence-corrected chi connectivity index (χ3v) is 3.84. The van der Waals surface area contributed by atoms with Gasteiger partial charge in [-0.05, 0) is 43.2 Å². The minimum Gasteiger partial charge on any atom is -0.383 e. The van der Waals surface area contributed by atoms with E-state index < -0.39 is 0 Å². The smallest absolute Gasteiger partial charge is 0.0483 e. The fourth-order valence-corrected chi connectivity index (χ4v) is 2.65. The Kier molecular flexibility index (Phi) is 3.46. The summed E-state index contributed by atoms with van der Waals surface area (Å²) in [5.74, 6) is 0. The van der Waals surface area contributed by atoms with Crippen LogP contribution in [-0.4, -0.2) is 11.1 Å². The highest BCUT2D eigenvalue weighted by Gasteiger charge is 2.02. The third kappa shape index (κ3) is 2.42. The van der Waals surface area contributed by atoms with E-state index in [2.05, 4.69) is 78.5 Å². The van der Waals surface area contributed by atoms with Crippen molar-refractivity contribution in [2.45, 2.75) is 20.4 Å². The molecule has 2 aromatic carbocycles. The molecule has 0 radical (unpaired) electrons. The number of benzene rings is 2. The first-order valence-electron chi connectivity index (χ1n) is 7.09. The predicted molar refractivity (Wildman–Crippen MR) is 86.3 cm³/mol. The lowest BCUT2D eigenvalue weighted by molar-refractivity contribution is 0.757. The standard InChI is InChI=1S/C18H20N2/c1-14-7-5-9-18-16(14)10-12-20(18)13-11-19-17-8-4-3-6-15(17)2/h3-10,12,19H,11,13H2,1-2H3. The molecule has 0 aliphatic heterocycles. The summed E-state index contributed by atoms with van der Waals surface area (Å²) in [6, 6.07) is 17.1. The van der Waals surface area contributed by atoms with Gasteiger partial charge in [0, 0.05) is 35.9 Å². The average molecular weight is 264 g/mol. The van der Waals surface area contributed by atoms with E-state index in [-0.39, 0.29) is 0 Å². The van der Waals surface area contributed by atoms with Gasteiger partial charge in [-0.15, -0.1) is 0 Å². The molecule has 3 rings (SSSR count). The molecule has 1 N–H and O–H groups in total. The number of para-hydroxylation sites is 1. The highest BCUT2D eigenvalue weighted by Crippen LogP contribution is 2.19. The molecule has 0 aliphatic rings. The van der Waals surface area contributed by atoms with Gasteiger partial charge >= 0.3 is 0 Å². The first kappa shape index (κ1) is 12.8. The normalized spacial score (nSPS) is 10.9. The van der Waals surface area contributed by atoms with Crippen LogP contribution >= 0.6 is 0 Å². The van der Waals surface area contributed by atoms with Gasteiger partial charge in [0.25, 0.3) is 0 Å². The summed E-state index contributed by atoms with van der Waals surface area (Å²) in [5, 5.41) is 4.86. The Morgan fingerprint density at radius 1 is 0.900 bits per heavy atom. The largest absolute Gasteiger partial charge is 0.383 e. The Hall–Kier alpha value is -2.22. The number of hydrogen-bond acceptors (Lipinski definition) is 1. The van der Waals surface area contributed by atoms with E-state index in [0.717, 1.165) is 13.1 Å². The van der Waals surface area contributed by atoms with Crippen molar-refractivity contribution in [1.82, 2.24) is 4.57 Å². The van der Waals surface area contributed by atoms with Crippen LogP contribution in [0.1, 0.15) is 11.1 Å². The van der Waals surface area contributed by atoms with Crippen LogP contribution in [0.4, 0.5) is 5.69 Å². The zero-order valence-corrected chi connectivity index (χ0v) is 12.1. The number of nitrogens with zero attached hydrogens (tertiary/aromatic N) is 1. The van der Waals surface area contributed by atoms with Crippen LogP contribution < -0.4 is 5.32 Å². The van der Waals surface area contributed by atoms with Crippen LogP contribution in [0.2, 0.25) is 0 Å². The molecule has 0 atom stereocenters. The van der Waals surface area contributed by atoms with Gasteiger partial charge in [-0.1, -0.05) is 30.3 Å². The quantitative estimate of drug-likeness (QED) is 0.740. The summed E-state index contributed by atoms with van der Waals surface area (Å²) < 4.78 is 2.31. The van der Waals surface area contributed by atoms with E-state index >= 15 is 0 Å². The molecule has 0 saturated carbocycles. The van der Waals surface area contributed by atoms with Crippen molar-refractivity contribution in [1.29, 1.82) is 0 Å². The fourth-order valence-electron chi connectivity index (χ4n) is 2.65. The minimum atomic E-state index is 0.933. The molecule has 1 aromatic heterocycles. The van der Waals surface area contributed by atoms with Crippen molar-refractivity contribution in [3.8, 4) is 0 Å². The van der Waals surface area contributed by atoms with E-state index in [1.54, 1.807) is 0 Å². The molecular formula is C18H20N2. The summed E-state index contributed by atoms with van der Waals surface area (Å²) in [6.45, 7) is 6.21. The van der Waals surface area contributed by atoms with Gasteiger partial charge in [0.05, 0.1) is 0 Å². The topological polar surface area (TPSA) is 17.0 Å². The summed E-state index contributed by atoms with van der Waals surface area (Å²) >= 11 is 0. The molecule has 0 fully saturated rings. The lowest BCUT2D eigenvalue weighted by atomic mass is 10.1. The number of aryl methyl sites for hydroxylation is 2. The summed E-state index contributed by atoms with van der Waals surface area (Å²) in [5.41, 5.74) is 5.17. The molecule has 0 aliphatic carbocycles. The maximum atomic E-state index is 3.51.